The van der Waals surface area contributed by atoms with Crippen LogP contribution in [0.3, 0.4) is 0 Å². The number of phenolic OH excluding ortho intramolecular Hbond substituents is 2. The van der Waals surface area contributed by atoms with Crippen LogP contribution in [0, 0.1) is 0 Å². The molecule has 1 fully saturated rings. The van der Waals surface area contributed by atoms with Gasteiger partial charge < -0.3 is 31.2 Å². The van der Waals surface area contributed by atoms with Crippen LogP contribution in [0.25, 0.3) is 0 Å². The van der Waals surface area contributed by atoms with Gasteiger partial charge in [-0.1, -0.05) is 11.2 Å². The molecule has 9 N–H and O–H groups in total. The summed E-state index contributed by atoms with van der Waals surface area (Å²) in [6.07, 6.45) is 3.09. The molecule has 2 aromatic rings. The Morgan fingerprint density at radius 2 is 2.06 bits per heavy atom. The van der Waals surface area contributed by atoms with Crippen LogP contribution in [0.4, 0.5) is 9.93 Å². The van der Waals surface area contributed by atoms with Crippen LogP contribution in [0.5, 0.6) is 11.5 Å². The Labute approximate surface area is 288 Å². The fourth-order valence-electron chi connectivity index (χ4n) is 4.92. The minimum Gasteiger partial charge on any atom is -0.504 e. The number of benzene rings is 1. The number of fused-ring (bicyclic) bond motifs is 2. The third kappa shape index (κ3) is 6.71. The average Bonchev–Trinajstić information content (AvgIpc) is 3.71. The molecule has 22 heteroatoms. The van der Waals surface area contributed by atoms with E-state index in [2.05, 4.69) is 26.0 Å². The van der Waals surface area contributed by atoms with E-state index < -0.39 is 35.2 Å². The summed E-state index contributed by atoms with van der Waals surface area (Å²) in [7, 11) is 0. The first-order valence-electron chi connectivity index (χ1n) is 14.0. The molecule has 1 aromatic carbocycles. The highest BCUT2D eigenvalue weighted by Crippen LogP contribution is 2.42. The van der Waals surface area contributed by atoms with Crippen molar-refractivity contribution in [1.82, 2.24) is 36.2 Å². The number of β-lactam (4-membered cyclic amide) rings is 1. The van der Waals surface area contributed by atoms with Crippen molar-refractivity contribution < 1.29 is 44.5 Å². The number of allylic oxidation sites excluding steroid dienone is 1. The number of nitrogens with two attached hydrogens (primary N) is 1. The molecule has 1 saturated heterocycles. The first kappa shape index (κ1) is 33.6. The highest BCUT2D eigenvalue weighted by Gasteiger charge is 2.54. The van der Waals surface area contributed by atoms with Crippen LogP contribution in [0.2, 0.25) is 0 Å². The summed E-state index contributed by atoms with van der Waals surface area (Å²) in [5.74, 6) is -2.69. The minimum atomic E-state index is -1.31. The summed E-state index contributed by atoms with van der Waals surface area (Å²) in [4.78, 5) is 66.0. The third-order valence-electron chi connectivity index (χ3n) is 7.18. The Hall–Kier alpha value is -5.29. The van der Waals surface area contributed by atoms with Crippen LogP contribution >= 0.6 is 34.9 Å². The van der Waals surface area contributed by atoms with Gasteiger partial charge in [-0.2, -0.15) is 0 Å². The van der Waals surface area contributed by atoms with Crippen molar-refractivity contribution >= 4 is 75.2 Å². The van der Waals surface area contributed by atoms with Gasteiger partial charge in [-0.15, -0.1) is 40.4 Å². The Morgan fingerprint density at radius 3 is 2.76 bits per heavy atom. The molecule has 4 aliphatic rings. The number of nitrogens with zero attached hydrogens (tertiary/aromatic N) is 6. The number of hydrogen-bond donors (Lipinski definition) is 8. The number of carbonyl (C=O) groups excluding carboxylic acids is 3. The lowest BCUT2D eigenvalue weighted by molar-refractivity contribution is -0.150. The van der Waals surface area contributed by atoms with Gasteiger partial charge in [-0.05, 0) is 36.3 Å². The zero-order valence-corrected chi connectivity index (χ0v) is 27.5. The number of carbonyl (C=O) groups is 4. The number of hydroxylamine groups is 1. The Kier molecular flexibility index (Phi) is 9.38. The third-order valence-corrected chi connectivity index (χ3v) is 10.3. The SMILES string of the molecule is CC1=NC2=CN(C(=O)NO)NN2C(SCC2=C(C(=O)O)N3C(=O)[C@@H](NC(=O)/C(=N\OCc4ccc(O)c(O)c4)c4csc(N)n4)[C@H]3SC2)=C1. The molecule has 6 rings (SSSR count). The van der Waals surface area contributed by atoms with Gasteiger partial charge in [0.1, 0.15) is 29.4 Å². The maximum absolute atomic E-state index is 13.4. The molecule has 1 aromatic heterocycles. The zero-order chi connectivity index (χ0) is 35.0. The fraction of sp³-hybridized carbons (Fsp3) is 0.222. The lowest BCUT2D eigenvalue weighted by Crippen LogP contribution is -2.71. The average molecular weight is 731 g/mol. The Balaban J connectivity index is 1.14. The number of nitrogen functional groups attached to an aromatic ring is 1. The number of thiazole rings is 1. The molecule has 4 amide bonds. The first-order valence-corrected chi connectivity index (χ1v) is 16.9. The van der Waals surface area contributed by atoms with E-state index in [0.29, 0.717) is 27.7 Å². The van der Waals surface area contributed by atoms with Crippen molar-refractivity contribution in [3.63, 3.8) is 0 Å². The number of rotatable bonds is 10. The molecule has 0 saturated carbocycles. The van der Waals surface area contributed by atoms with Crippen LogP contribution in [-0.2, 0) is 25.8 Å². The minimum absolute atomic E-state index is 0.0850. The number of hydrogen-bond acceptors (Lipinski definition) is 17. The molecule has 5 heterocycles. The number of urea groups is 1. The summed E-state index contributed by atoms with van der Waals surface area (Å²) >= 11 is 3.57. The second kappa shape index (κ2) is 13.7. The largest absolute Gasteiger partial charge is 0.504 e. The molecule has 0 bridgehead atoms. The maximum atomic E-state index is 13.4. The smallest absolute Gasteiger partial charge is 0.361 e. The predicted octanol–water partition coefficient (Wildman–Crippen LogP) is 0.780. The first-order chi connectivity index (χ1) is 23.4. The van der Waals surface area contributed by atoms with E-state index in [1.807, 2.05) is 0 Å². The van der Waals surface area contributed by atoms with Gasteiger partial charge >= 0.3 is 12.0 Å². The second-order valence-electron chi connectivity index (χ2n) is 10.5. The highest BCUT2D eigenvalue weighted by atomic mass is 32.2. The van der Waals surface area contributed by atoms with Gasteiger partial charge in [-0.3, -0.25) is 19.7 Å². The number of phenols is 2. The van der Waals surface area contributed by atoms with Crippen LogP contribution in [-0.4, -0.2) is 98.6 Å². The second-order valence-corrected chi connectivity index (χ2v) is 13.5. The van der Waals surface area contributed by atoms with E-state index >= 15 is 0 Å². The summed E-state index contributed by atoms with van der Waals surface area (Å²) in [6.45, 7) is 1.56. The van der Waals surface area contributed by atoms with E-state index in [-0.39, 0.29) is 51.8 Å². The van der Waals surface area contributed by atoms with E-state index in [0.717, 1.165) is 21.2 Å². The lowest BCUT2D eigenvalue weighted by Gasteiger charge is -2.49. The molecule has 4 aliphatic heterocycles. The number of aliphatic imine (C=N–C) groups is 1. The molecular formula is C27H26N10O9S3. The number of hydrazine groups is 2. The number of aliphatic carboxylic acids is 1. The molecule has 2 atom stereocenters. The number of anilines is 1. The van der Waals surface area contributed by atoms with E-state index in [4.69, 9.17) is 15.8 Å². The number of aromatic nitrogens is 1. The van der Waals surface area contributed by atoms with Crippen molar-refractivity contribution in [2.45, 2.75) is 24.9 Å². The van der Waals surface area contributed by atoms with Gasteiger partial charge in [0.05, 0.1) is 11.2 Å². The number of aromatic hydroxyl groups is 2. The molecule has 0 unspecified atom stereocenters. The molecule has 19 nitrogen and oxygen atoms in total. The zero-order valence-electron chi connectivity index (χ0n) is 25.1. The molecule has 0 radical (unpaired) electrons. The summed E-state index contributed by atoms with van der Waals surface area (Å²) in [6, 6.07) is 2.08. The number of oxime groups is 1. The van der Waals surface area contributed by atoms with Gasteiger partial charge in [0.15, 0.2) is 28.2 Å². The topological polar surface area (TPSA) is 268 Å². The van der Waals surface area contributed by atoms with Crippen molar-refractivity contribution in [2.75, 3.05) is 17.2 Å². The number of nitrogens with one attached hydrogen (secondary N) is 3. The van der Waals surface area contributed by atoms with Crippen molar-refractivity contribution in [3.8, 4) is 11.5 Å². The van der Waals surface area contributed by atoms with Crippen LogP contribution in [0.15, 0.2) is 68.1 Å². The molecule has 0 spiro atoms. The van der Waals surface area contributed by atoms with Gasteiger partial charge in [0.25, 0.3) is 11.8 Å². The Bertz CT molecular complexity index is 1910. The number of thioether (sulfide) groups is 2. The van der Waals surface area contributed by atoms with E-state index in [9.17, 15) is 34.5 Å². The highest BCUT2D eigenvalue weighted by molar-refractivity contribution is 8.03. The molecule has 256 valence electrons. The van der Waals surface area contributed by atoms with Crippen LogP contribution in [0.1, 0.15) is 18.2 Å². The van der Waals surface area contributed by atoms with Crippen LogP contribution < -0.4 is 22.1 Å². The van der Waals surface area contributed by atoms with E-state index in [1.165, 1.54) is 63.8 Å². The molecule has 0 aliphatic carbocycles. The van der Waals surface area contributed by atoms with Crippen molar-refractivity contribution in [2.24, 2.45) is 10.1 Å². The summed E-state index contributed by atoms with van der Waals surface area (Å²) in [5, 5.41) is 48.9. The number of amides is 4. The van der Waals surface area contributed by atoms with E-state index in [1.54, 1.807) is 13.0 Å². The fourth-order valence-corrected chi connectivity index (χ4v) is 8.02. The molecular weight excluding hydrogens is 705 g/mol. The van der Waals surface area contributed by atoms with Gasteiger partial charge in [-0.25, -0.2) is 35.1 Å². The number of carboxylic acid groups (broad SMARTS) is 1. The normalized spacial score (nSPS) is 20.1. The van der Waals surface area contributed by atoms with Gasteiger partial charge in [0, 0.05) is 22.6 Å². The molecule has 49 heavy (non-hydrogen) atoms. The predicted molar refractivity (Wildman–Crippen MR) is 176 cm³/mol. The maximum Gasteiger partial charge on any atom is 0.361 e. The summed E-state index contributed by atoms with van der Waals surface area (Å²) < 4.78 is 0. The summed E-state index contributed by atoms with van der Waals surface area (Å²) in [5.41, 5.74) is 11.2. The van der Waals surface area contributed by atoms with Crippen molar-refractivity contribution in [3.05, 3.63) is 69.2 Å². The Morgan fingerprint density at radius 1 is 1.27 bits per heavy atom. The monoisotopic (exact) mass is 730 g/mol. The standard InChI is InChI=1S/C27H26N10O9S3/c1-11-4-18(37-17(29-11)6-35(34-37)27(44)32-45)47-8-13-9-48-24-20(23(41)36(24)21(13)25(42)43)31-22(40)19(14-10-49-26(28)30-14)33-46-7-12-2-3-15(38)16(39)5-12/h2-6,10,20,24,34,38-39,45H,7-9H2,1H3,(H2,28,30)(H,31,40)(H,32,44)(H,42,43)/b33-19-/t20-,24-/m1/s1. The quantitative estimate of drug-likeness (QED) is 0.0552. The number of carboxylic acids is 1. The van der Waals surface area contributed by atoms with Gasteiger partial charge in [0.2, 0.25) is 0 Å². The van der Waals surface area contributed by atoms with Crippen molar-refractivity contribution in [1.29, 1.82) is 0 Å². The lowest BCUT2D eigenvalue weighted by atomic mass is 10.0.